The van der Waals surface area contributed by atoms with Crippen molar-refractivity contribution in [3.8, 4) is 28.7 Å². The van der Waals surface area contributed by atoms with Gasteiger partial charge in [0.2, 0.25) is 11.2 Å². The average Bonchev–Trinajstić information content (AvgIpc) is 3.38. The molecule has 0 bridgehead atoms. The smallest absolute Gasteiger partial charge is 0.343 e. The van der Waals surface area contributed by atoms with Crippen molar-refractivity contribution < 1.29 is 52.0 Å². The molecule has 0 amide bonds. The quantitative estimate of drug-likeness (QED) is 0.0223. The summed E-state index contributed by atoms with van der Waals surface area (Å²) in [5, 5.41) is 0. The van der Waals surface area contributed by atoms with Gasteiger partial charge in [0.25, 0.3) is 0 Å². The summed E-state index contributed by atoms with van der Waals surface area (Å²) in [6.45, 7) is 5.35. The summed E-state index contributed by atoms with van der Waals surface area (Å²) >= 11 is 0. The van der Waals surface area contributed by atoms with Crippen LogP contribution in [0.2, 0.25) is 0 Å². The minimum atomic E-state index is -0.857. The Morgan fingerprint density at radius 1 is 0.400 bits per heavy atom. The summed E-state index contributed by atoms with van der Waals surface area (Å²) in [7, 11) is 0. The van der Waals surface area contributed by atoms with E-state index in [0.717, 1.165) is 38.0 Å². The molecule has 0 atom stereocenters. The molecule has 1 aromatic heterocycles. The first-order valence-corrected chi connectivity index (χ1v) is 25.3. The number of hydrogen-bond donors (Lipinski definition) is 0. The maximum atomic E-state index is 12.8. The van der Waals surface area contributed by atoms with Crippen LogP contribution in [-0.4, -0.2) is 37.1 Å². The number of benzene rings is 4. The fourth-order valence-electron chi connectivity index (χ4n) is 7.55. The molecule has 70 heavy (non-hydrogen) atoms. The van der Waals surface area contributed by atoms with Crippen LogP contribution in [0.4, 0.5) is 0 Å². The molecule has 0 saturated carbocycles. The molecule has 12 heteroatoms. The number of ether oxygens (including phenoxy) is 6. The summed E-state index contributed by atoms with van der Waals surface area (Å²) in [5.41, 5.74) is -0.0279. The molecule has 5 rings (SSSR count). The van der Waals surface area contributed by atoms with E-state index in [9.17, 15) is 24.0 Å². The summed E-state index contributed by atoms with van der Waals surface area (Å²) < 4.78 is 38.6. The summed E-state index contributed by atoms with van der Waals surface area (Å²) in [6, 6.07) is 26.1. The molecule has 4 aromatic carbocycles. The van der Waals surface area contributed by atoms with Gasteiger partial charge in [-0.2, -0.15) is 0 Å². The summed E-state index contributed by atoms with van der Waals surface area (Å²) in [5.74, 6) is -1.08. The second-order valence-corrected chi connectivity index (χ2v) is 17.5. The first-order chi connectivity index (χ1) is 34.2. The molecular formula is C58H70O12. The zero-order valence-corrected chi connectivity index (χ0v) is 41.1. The maximum absolute atomic E-state index is 12.8. The van der Waals surface area contributed by atoms with Crippen LogP contribution in [0, 0.1) is 0 Å². The molecule has 0 radical (unpaired) electrons. The van der Waals surface area contributed by atoms with Crippen LogP contribution >= 0.6 is 0 Å². The van der Waals surface area contributed by atoms with Crippen molar-refractivity contribution in [1.29, 1.82) is 0 Å². The Morgan fingerprint density at radius 3 is 1.10 bits per heavy atom. The highest BCUT2D eigenvalue weighted by atomic mass is 16.6. The topological polar surface area (TPSA) is 154 Å². The molecule has 374 valence electrons. The second kappa shape index (κ2) is 31.4. The Morgan fingerprint density at radius 2 is 0.729 bits per heavy atom. The molecule has 0 unspecified atom stereocenters. The summed E-state index contributed by atoms with van der Waals surface area (Å²) in [4.78, 5) is 64.0. The largest absolute Gasteiger partial charge is 0.494 e. The van der Waals surface area contributed by atoms with Gasteiger partial charge in [-0.15, -0.1) is 0 Å². The van der Waals surface area contributed by atoms with E-state index in [1.54, 1.807) is 48.5 Å². The van der Waals surface area contributed by atoms with Crippen molar-refractivity contribution in [2.75, 3.05) is 13.2 Å². The van der Waals surface area contributed by atoms with Gasteiger partial charge in [0.15, 0.2) is 0 Å². The van der Waals surface area contributed by atoms with E-state index in [-0.39, 0.29) is 40.4 Å². The van der Waals surface area contributed by atoms with Crippen LogP contribution in [0.1, 0.15) is 189 Å². The van der Waals surface area contributed by atoms with Gasteiger partial charge in [-0.05, 0) is 110 Å². The number of carbonyl (C=O) groups is 4. The van der Waals surface area contributed by atoms with Crippen LogP contribution in [0.25, 0.3) is 0 Å². The molecule has 0 aliphatic rings. The van der Waals surface area contributed by atoms with Crippen molar-refractivity contribution in [3.05, 3.63) is 148 Å². The van der Waals surface area contributed by atoms with Crippen LogP contribution in [0.3, 0.4) is 0 Å². The predicted octanol–water partition coefficient (Wildman–Crippen LogP) is 14.3. The third-order valence-electron chi connectivity index (χ3n) is 11.7. The SMILES string of the molecule is CCCCCCCCCCCCOc1ccc(OC(=O)c2ccc(C(=O)OCc3cc(=O)c(OC(=O)c4ccc(C(=O)Oc5ccc(OCCCCCCCCCCCC)cc5)cc4)co3)cc2)cc1. The van der Waals surface area contributed by atoms with Crippen LogP contribution in [0.15, 0.2) is 119 Å². The van der Waals surface area contributed by atoms with Gasteiger partial charge in [-0.25, -0.2) is 19.2 Å². The lowest BCUT2D eigenvalue weighted by Crippen LogP contribution is -2.16. The van der Waals surface area contributed by atoms with Crippen molar-refractivity contribution >= 4 is 23.9 Å². The van der Waals surface area contributed by atoms with Crippen LogP contribution in [0.5, 0.6) is 28.7 Å². The van der Waals surface area contributed by atoms with Crippen molar-refractivity contribution in [2.24, 2.45) is 0 Å². The van der Waals surface area contributed by atoms with Crippen LogP contribution < -0.4 is 29.1 Å². The average molecular weight is 959 g/mol. The van der Waals surface area contributed by atoms with Gasteiger partial charge < -0.3 is 32.8 Å². The van der Waals surface area contributed by atoms with E-state index in [4.69, 9.17) is 32.8 Å². The van der Waals surface area contributed by atoms with E-state index in [1.807, 2.05) is 0 Å². The van der Waals surface area contributed by atoms with Gasteiger partial charge in [-0.1, -0.05) is 129 Å². The number of esters is 4. The molecular weight excluding hydrogens is 889 g/mol. The molecule has 0 spiro atoms. The molecule has 1 heterocycles. The molecule has 0 saturated heterocycles. The first kappa shape index (κ1) is 54.3. The first-order valence-electron chi connectivity index (χ1n) is 25.3. The van der Waals surface area contributed by atoms with Crippen molar-refractivity contribution in [2.45, 2.75) is 149 Å². The molecule has 0 fully saturated rings. The number of hydrogen-bond acceptors (Lipinski definition) is 12. The lowest BCUT2D eigenvalue weighted by Gasteiger charge is -2.09. The van der Waals surface area contributed by atoms with Gasteiger partial charge in [-0.3, -0.25) is 4.79 Å². The second-order valence-electron chi connectivity index (χ2n) is 17.5. The van der Waals surface area contributed by atoms with Gasteiger partial charge in [0.1, 0.15) is 41.6 Å². The molecule has 0 N–H and O–H groups in total. The predicted molar refractivity (Wildman–Crippen MR) is 269 cm³/mol. The number of rotatable bonds is 33. The third kappa shape index (κ3) is 20.1. The Labute approximate surface area is 413 Å². The Balaban J connectivity index is 0.960. The fraction of sp³-hybridized carbons (Fsp3) is 0.431. The number of unbranched alkanes of at least 4 members (excludes halogenated alkanes) is 18. The Bertz CT molecular complexity index is 2370. The highest BCUT2D eigenvalue weighted by Crippen LogP contribution is 2.22. The highest BCUT2D eigenvalue weighted by Gasteiger charge is 2.17. The van der Waals surface area contributed by atoms with E-state index in [2.05, 4.69) is 13.8 Å². The third-order valence-corrected chi connectivity index (χ3v) is 11.7. The molecule has 0 aliphatic heterocycles. The van der Waals surface area contributed by atoms with E-state index in [0.29, 0.717) is 36.2 Å². The van der Waals surface area contributed by atoms with Crippen molar-refractivity contribution in [3.63, 3.8) is 0 Å². The van der Waals surface area contributed by atoms with E-state index >= 15 is 0 Å². The lowest BCUT2D eigenvalue weighted by molar-refractivity contribution is 0.0442. The monoisotopic (exact) mass is 958 g/mol. The lowest BCUT2D eigenvalue weighted by atomic mass is 10.1. The fourth-order valence-corrected chi connectivity index (χ4v) is 7.55. The number of carbonyl (C=O) groups excluding carboxylic acids is 4. The van der Waals surface area contributed by atoms with E-state index < -0.39 is 29.3 Å². The van der Waals surface area contributed by atoms with Gasteiger partial charge in [0.05, 0.1) is 35.5 Å². The zero-order valence-electron chi connectivity index (χ0n) is 41.1. The van der Waals surface area contributed by atoms with E-state index in [1.165, 1.54) is 151 Å². The standard InChI is InChI=1S/C58H70O12/c1-3-5-7-9-11-13-15-17-19-21-39-64-48-31-35-50(36-32-48)68-56(61)45-25-23-44(24-26-45)55(60)67-42-52-41-53(59)54(43-66-52)70-58(63)47-29-27-46(28-30-47)57(62)69-51-37-33-49(34-38-51)65-40-22-20-18-16-14-12-10-8-6-4-2/h23-38,41,43H,3-22,39-40,42H2,1-2H3. The maximum Gasteiger partial charge on any atom is 0.343 e. The highest BCUT2D eigenvalue weighted by molar-refractivity contribution is 5.95. The van der Waals surface area contributed by atoms with Crippen LogP contribution in [-0.2, 0) is 11.3 Å². The van der Waals surface area contributed by atoms with Gasteiger partial charge >= 0.3 is 23.9 Å². The Hall–Kier alpha value is -6.69. The normalized spacial score (nSPS) is 10.9. The van der Waals surface area contributed by atoms with Gasteiger partial charge in [0, 0.05) is 6.07 Å². The molecule has 0 aliphatic carbocycles. The molecule has 12 nitrogen and oxygen atoms in total. The molecule has 5 aromatic rings. The minimum Gasteiger partial charge on any atom is -0.494 e. The zero-order chi connectivity index (χ0) is 49.6. The Kier molecular flexibility index (Phi) is 24.4. The minimum absolute atomic E-state index is 0.00273. The summed E-state index contributed by atoms with van der Waals surface area (Å²) in [6.07, 6.45) is 26.1. The van der Waals surface area contributed by atoms with Crippen molar-refractivity contribution in [1.82, 2.24) is 0 Å².